The summed E-state index contributed by atoms with van der Waals surface area (Å²) < 4.78 is 0. The Morgan fingerprint density at radius 1 is 1.07 bits per heavy atom. The third-order valence-electron chi connectivity index (χ3n) is 1.94. The maximum atomic E-state index is 8.93. The maximum Gasteiger partial charge on any atom is 0.0853 e. The van der Waals surface area contributed by atoms with Crippen molar-refractivity contribution < 1.29 is 5.11 Å². The van der Waals surface area contributed by atoms with Gasteiger partial charge in [-0.2, -0.15) is 0 Å². The standard InChI is InChI=1S/C11H10N2O/c14-8-10-7-9(4-6-12-10)11-3-1-2-5-13-11/h1-7,14H,8H2. The van der Waals surface area contributed by atoms with E-state index in [-0.39, 0.29) is 6.61 Å². The van der Waals surface area contributed by atoms with Crippen LogP contribution in [0, 0.1) is 0 Å². The molecule has 0 amide bonds. The molecule has 2 rings (SSSR count). The summed E-state index contributed by atoms with van der Waals surface area (Å²) in [6.07, 6.45) is 3.42. The highest BCUT2D eigenvalue weighted by atomic mass is 16.3. The fraction of sp³-hybridized carbons (Fsp3) is 0.0909. The molecule has 2 aromatic rings. The average molecular weight is 186 g/mol. The Labute approximate surface area is 82.1 Å². The fourth-order valence-electron chi connectivity index (χ4n) is 1.26. The summed E-state index contributed by atoms with van der Waals surface area (Å²) in [6, 6.07) is 9.44. The van der Waals surface area contributed by atoms with Gasteiger partial charge in [-0.15, -0.1) is 0 Å². The Kier molecular flexibility index (Phi) is 2.51. The summed E-state index contributed by atoms with van der Waals surface area (Å²) in [5, 5.41) is 8.93. The second-order valence-electron chi connectivity index (χ2n) is 2.91. The van der Waals surface area contributed by atoms with E-state index in [0.29, 0.717) is 5.69 Å². The van der Waals surface area contributed by atoms with Gasteiger partial charge in [0.25, 0.3) is 0 Å². The zero-order valence-electron chi connectivity index (χ0n) is 7.59. The first kappa shape index (κ1) is 8.84. The summed E-state index contributed by atoms with van der Waals surface area (Å²) in [7, 11) is 0. The smallest absolute Gasteiger partial charge is 0.0853 e. The molecule has 0 radical (unpaired) electrons. The minimum absolute atomic E-state index is 0.0410. The van der Waals surface area contributed by atoms with E-state index in [1.807, 2.05) is 30.3 Å². The molecule has 70 valence electrons. The van der Waals surface area contributed by atoms with Gasteiger partial charge in [-0.3, -0.25) is 9.97 Å². The first-order valence-electron chi connectivity index (χ1n) is 4.37. The molecule has 2 heterocycles. The number of hydrogen-bond acceptors (Lipinski definition) is 3. The van der Waals surface area contributed by atoms with Crippen molar-refractivity contribution in [3.8, 4) is 11.3 Å². The monoisotopic (exact) mass is 186 g/mol. The lowest BCUT2D eigenvalue weighted by Crippen LogP contribution is -1.90. The molecule has 0 bridgehead atoms. The van der Waals surface area contributed by atoms with Crippen molar-refractivity contribution >= 4 is 0 Å². The van der Waals surface area contributed by atoms with Gasteiger partial charge in [0.1, 0.15) is 0 Å². The maximum absolute atomic E-state index is 8.93. The van der Waals surface area contributed by atoms with Crippen LogP contribution in [0.1, 0.15) is 5.69 Å². The van der Waals surface area contributed by atoms with Crippen molar-refractivity contribution in [3.63, 3.8) is 0 Å². The molecular weight excluding hydrogens is 176 g/mol. The van der Waals surface area contributed by atoms with Gasteiger partial charge in [-0.25, -0.2) is 0 Å². The van der Waals surface area contributed by atoms with Crippen molar-refractivity contribution in [1.29, 1.82) is 0 Å². The quantitative estimate of drug-likeness (QED) is 0.775. The lowest BCUT2D eigenvalue weighted by molar-refractivity contribution is 0.277. The molecule has 0 fully saturated rings. The van der Waals surface area contributed by atoms with Crippen molar-refractivity contribution in [2.45, 2.75) is 6.61 Å². The SMILES string of the molecule is OCc1cc(-c2ccccn2)ccn1. The number of aliphatic hydroxyl groups excluding tert-OH is 1. The molecule has 0 spiro atoms. The van der Waals surface area contributed by atoms with Gasteiger partial charge in [0, 0.05) is 18.0 Å². The first-order chi connectivity index (χ1) is 6.90. The molecule has 14 heavy (non-hydrogen) atoms. The third kappa shape index (κ3) is 1.78. The van der Waals surface area contributed by atoms with E-state index < -0.39 is 0 Å². The van der Waals surface area contributed by atoms with Crippen LogP contribution in [-0.2, 0) is 6.61 Å². The normalized spacial score (nSPS) is 10.1. The van der Waals surface area contributed by atoms with Gasteiger partial charge in [0.05, 0.1) is 18.0 Å². The van der Waals surface area contributed by atoms with E-state index >= 15 is 0 Å². The molecule has 0 atom stereocenters. The average Bonchev–Trinajstić information content (AvgIpc) is 2.30. The summed E-state index contributed by atoms with van der Waals surface area (Å²) in [5.41, 5.74) is 2.53. The molecule has 0 aliphatic heterocycles. The van der Waals surface area contributed by atoms with Crippen molar-refractivity contribution in [2.75, 3.05) is 0 Å². The van der Waals surface area contributed by atoms with Crippen LogP contribution in [0.25, 0.3) is 11.3 Å². The van der Waals surface area contributed by atoms with Gasteiger partial charge in [0.15, 0.2) is 0 Å². The van der Waals surface area contributed by atoms with E-state index in [2.05, 4.69) is 9.97 Å². The van der Waals surface area contributed by atoms with E-state index in [1.165, 1.54) is 0 Å². The summed E-state index contributed by atoms with van der Waals surface area (Å²) in [4.78, 5) is 8.22. The van der Waals surface area contributed by atoms with E-state index in [4.69, 9.17) is 5.11 Å². The number of hydrogen-bond donors (Lipinski definition) is 1. The molecule has 0 aromatic carbocycles. The molecular formula is C11H10N2O. The summed E-state index contributed by atoms with van der Waals surface area (Å²) >= 11 is 0. The number of pyridine rings is 2. The Morgan fingerprint density at radius 3 is 2.71 bits per heavy atom. The number of aromatic nitrogens is 2. The van der Waals surface area contributed by atoms with Crippen LogP contribution in [0.4, 0.5) is 0 Å². The minimum atomic E-state index is -0.0410. The molecule has 2 aromatic heterocycles. The van der Waals surface area contributed by atoms with Crippen LogP contribution in [0.5, 0.6) is 0 Å². The molecule has 0 aliphatic rings. The molecule has 0 saturated heterocycles. The third-order valence-corrected chi connectivity index (χ3v) is 1.94. The summed E-state index contributed by atoms with van der Waals surface area (Å²) in [5.74, 6) is 0. The Hall–Kier alpha value is -1.74. The lowest BCUT2D eigenvalue weighted by Gasteiger charge is -2.01. The zero-order valence-corrected chi connectivity index (χ0v) is 7.59. The highest BCUT2D eigenvalue weighted by Crippen LogP contribution is 2.15. The largest absolute Gasteiger partial charge is 0.390 e. The Morgan fingerprint density at radius 2 is 2.00 bits per heavy atom. The molecule has 3 heteroatoms. The number of nitrogens with zero attached hydrogens (tertiary/aromatic N) is 2. The van der Waals surface area contributed by atoms with Gasteiger partial charge in [-0.1, -0.05) is 6.07 Å². The molecule has 0 aliphatic carbocycles. The van der Waals surface area contributed by atoms with Gasteiger partial charge < -0.3 is 5.11 Å². The zero-order chi connectivity index (χ0) is 9.80. The van der Waals surface area contributed by atoms with E-state index in [1.54, 1.807) is 12.4 Å². The van der Waals surface area contributed by atoms with Crippen LogP contribution in [0.2, 0.25) is 0 Å². The van der Waals surface area contributed by atoms with Crippen LogP contribution < -0.4 is 0 Å². The summed E-state index contributed by atoms with van der Waals surface area (Å²) in [6.45, 7) is -0.0410. The van der Waals surface area contributed by atoms with Gasteiger partial charge in [-0.05, 0) is 24.3 Å². The predicted molar refractivity (Wildman–Crippen MR) is 53.4 cm³/mol. The highest BCUT2D eigenvalue weighted by Gasteiger charge is 1.99. The van der Waals surface area contributed by atoms with Crippen LogP contribution in [-0.4, -0.2) is 15.1 Å². The Balaban J connectivity index is 2.42. The van der Waals surface area contributed by atoms with Crippen molar-refractivity contribution in [3.05, 3.63) is 48.4 Å². The highest BCUT2D eigenvalue weighted by molar-refractivity contribution is 5.58. The molecule has 0 saturated carbocycles. The molecule has 0 unspecified atom stereocenters. The van der Waals surface area contributed by atoms with E-state index in [9.17, 15) is 0 Å². The minimum Gasteiger partial charge on any atom is -0.390 e. The predicted octanol–water partition coefficient (Wildman–Crippen LogP) is 1.64. The lowest BCUT2D eigenvalue weighted by atomic mass is 10.1. The topological polar surface area (TPSA) is 46.0 Å². The van der Waals surface area contributed by atoms with Crippen LogP contribution >= 0.6 is 0 Å². The molecule has 1 N–H and O–H groups in total. The van der Waals surface area contributed by atoms with Crippen LogP contribution in [0.3, 0.4) is 0 Å². The number of rotatable bonds is 2. The first-order valence-corrected chi connectivity index (χ1v) is 4.37. The number of aliphatic hydroxyl groups is 1. The molecule has 3 nitrogen and oxygen atoms in total. The second kappa shape index (κ2) is 3.98. The van der Waals surface area contributed by atoms with E-state index in [0.717, 1.165) is 11.3 Å². The van der Waals surface area contributed by atoms with Gasteiger partial charge in [0.2, 0.25) is 0 Å². The Bertz CT molecular complexity index is 415. The van der Waals surface area contributed by atoms with Crippen LogP contribution in [0.15, 0.2) is 42.7 Å². The second-order valence-corrected chi connectivity index (χ2v) is 2.91. The van der Waals surface area contributed by atoms with Gasteiger partial charge >= 0.3 is 0 Å². The van der Waals surface area contributed by atoms with Crippen molar-refractivity contribution in [2.24, 2.45) is 0 Å². The fourth-order valence-corrected chi connectivity index (χ4v) is 1.26. The van der Waals surface area contributed by atoms with Crippen molar-refractivity contribution in [1.82, 2.24) is 9.97 Å².